The highest BCUT2D eigenvalue weighted by atomic mass is 16.7. The number of ether oxygens (including phenoxy) is 4. The lowest BCUT2D eigenvalue weighted by molar-refractivity contribution is -0.226. The second-order valence-electron chi connectivity index (χ2n) is 9.14. The second-order valence-corrected chi connectivity index (χ2v) is 9.14. The molecule has 1 N–H and O–H groups in total. The molecule has 0 saturated carbocycles. The van der Waals surface area contributed by atoms with Crippen molar-refractivity contribution in [2.75, 3.05) is 6.54 Å². The molecule has 0 spiro atoms. The summed E-state index contributed by atoms with van der Waals surface area (Å²) in [5.41, 5.74) is 0.171. The maximum absolute atomic E-state index is 13.0. The zero-order valence-electron chi connectivity index (χ0n) is 19.2. The first kappa shape index (κ1) is 23.8. The van der Waals surface area contributed by atoms with Crippen molar-refractivity contribution in [3.8, 4) is 0 Å². The molecule has 0 aliphatic carbocycles. The van der Waals surface area contributed by atoms with E-state index < -0.39 is 54.2 Å². The quantitative estimate of drug-likeness (QED) is 0.557. The number of alkyl carbamates (subject to hydrolysis) is 1. The van der Waals surface area contributed by atoms with E-state index in [4.69, 9.17) is 18.9 Å². The molecule has 3 rings (SSSR count). The first-order valence-corrected chi connectivity index (χ1v) is 10.9. The van der Waals surface area contributed by atoms with Crippen LogP contribution in [0, 0.1) is 5.92 Å². The molecule has 32 heavy (non-hydrogen) atoms. The molecule has 0 bridgehead atoms. The fourth-order valence-electron chi connectivity index (χ4n) is 4.16. The molecular weight excluding hydrogens is 416 g/mol. The minimum Gasteiger partial charge on any atom is -0.445 e. The van der Waals surface area contributed by atoms with Gasteiger partial charge >= 0.3 is 18.2 Å². The minimum absolute atomic E-state index is 0.102. The van der Waals surface area contributed by atoms with Gasteiger partial charge in [0.15, 0.2) is 6.29 Å². The number of hydrogen-bond acceptors (Lipinski definition) is 7. The summed E-state index contributed by atoms with van der Waals surface area (Å²) in [6.07, 6.45) is -1.92. The van der Waals surface area contributed by atoms with Crippen molar-refractivity contribution in [3.05, 3.63) is 35.9 Å². The lowest BCUT2D eigenvalue weighted by atomic mass is 9.89. The molecule has 3 unspecified atom stereocenters. The Bertz CT molecular complexity index is 823. The Kier molecular flexibility index (Phi) is 7.28. The van der Waals surface area contributed by atoms with Gasteiger partial charge in [-0.25, -0.2) is 9.59 Å². The summed E-state index contributed by atoms with van der Waals surface area (Å²) >= 11 is 0. The van der Waals surface area contributed by atoms with E-state index >= 15 is 0 Å². The third kappa shape index (κ3) is 5.91. The van der Waals surface area contributed by atoms with Gasteiger partial charge in [-0.05, 0) is 46.6 Å². The first-order valence-electron chi connectivity index (χ1n) is 10.9. The molecule has 9 heteroatoms. The van der Waals surface area contributed by atoms with E-state index in [1.807, 2.05) is 30.3 Å². The summed E-state index contributed by atoms with van der Waals surface area (Å²) in [4.78, 5) is 39.7. The van der Waals surface area contributed by atoms with Crippen LogP contribution in [0.15, 0.2) is 30.3 Å². The zero-order valence-corrected chi connectivity index (χ0v) is 19.2. The highest BCUT2D eigenvalue weighted by Gasteiger charge is 2.51. The van der Waals surface area contributed by atoms with Crippen LogP contribution in [0.25, 0.3) is 0 Å². The van der Waals surface area contributed by atoms with Crippen LogP contribution in [0.2, 0.25) is 0 Å². The number of hydrogen-bond donors (Lipinski definition) is 1. The SMILES string of the molecule is CC1OC(=O)C([C@@H]2[C@@H](NC(=O)OC(C)(C)C)CCN2C(=O)OCc2ccccc2)C(C)O1. The highest BCUT2D eigenvalue weighted by molar-refractivity contribution is 5.78. The molecule has 2 amide bonds. The number of rotatable bonds is 4. The van der Waals surface area contributed by atoms with Gasteiger partial charge in [0.05, 0.1) is 18.2 Å². The zero-order chi connectivity index (χ0) is 23.5. The molecule has 1 aromatic carbocycles. The van der Waals surface area contributed by atoms with Crippen molar-refractivity contribution in [2.45, 2.75) is 77.7 Å². The molecule has 2 fully saturated rings. The normalized spacial score (nSPS) is 28.1. The summed E-state index contributed by atoms with van der Waals surface area (Å²) in [5, 5.41) is 2.82. The first-order chi connectivity index (χ1) is 15.0. The number of nitrogens with zero attached hydrogens (tertiary/aromatic N) is 1. The van der Waals surface area contributed by atoms with Gasteiger partial charge in [0, 0.05) is 6.54 Å². The van der Waals surface area contributed by atoms with Gasteiger partial charge < -0.3 is 29.2 Å². The fourth-order valence-corrected chi connectivity index (χ4v) is 4.16. The van der Waals surface area contributed by atoms with Crippen molar-refractivity contribution in [1.82, 2.24) is 10.2 Å². The molecular formula is C23H32N2O7. The number of nitrogens with one attached hydrogen (secondary N) is 1. The number of likely N-dealkylation sites (tertiary alicyclic amines) is 1. The van der Waals surface area contributed by atoms with Gasteiger partial charge in [0.1, 0.15) is 18.1 Å². The largest absolute Gasteiger partial charge is 0.445 e. The third-order valence-electron chi connectivity index (χ3n) is 5.43. The van der Waals surface area contributed by atoms with Crippen molar-refractivity contribution in [3.63, 3.8) is 0 Å². The molecule has 2 heterocycles. The predicted molar refractivity (Wildman–Crippen MR) is 114 cm³/mol. The van der Waals surface area contributed by atoms with Gasteiger partial charge in [-0.15, -0.1) is 0 Å². The van der Waals surface area contributed by atoms with E-state index in [9.17, 15) is 14.4 Å². The summed E-state index contributed by atoms with van der Waals surface area (Å²) in [6.45, 7) is 9.11. The molecule has 2 saturated heterocycles. The monoisotopic (exact) mass is 448 g/mol. The van der Waals surface area contributed by atoms with Crippen LogP contribution in [0.1, 0.15) is 46.6 Å². The standard InChI is InChI=1S/C23H32N2O7/c1-14-18(20(26)31-15(2)30-14)19-17(24-21(27)32-23(3,4)5)11-12-25(19)22(28)29-13-16-9-7-6-8-10-16/h6-10,14-15,17-19H,11-13H2,1-5H3,(H,24,27)/t14?,15?,17-,18?,19-/m0/s1. The molecule has 1 aromatic rings. The van der Waals surface area contributed by atoms with Gasteiger partial charge in [0.25, 0.3) is 0 Å². The van der Waals surface area contributed by atoms with Gasteiger partial charge in [-0.1, -0.05) is 30.3 Å². The van der Waals surface area contributed by atoms with E-state index in [2.05, 4.69) is 5.32 Å². The maximum atomic E-state index is 13.0. The minimum atomic E-state index is -0.780. The predicted octanol–water partition coefficient (Wildman–Crippen LogP) is 3.21. The van der Waals surface area contributed by atoms with Crippen molar-refractivity contribution >= 4 is 18.2 Å². The second kappa shape index (κ2) is 9.77. The number of esters is 1. The van der Waals surface area contributed by atoms with Gasteiger partial charge in [-0.3, -0.25) is 4.79 Å². The number of carbonyl (C=O) groups excluding carboxylic acids is 3. The van der Waals surface area contributed by atoms with Gasteiger partial charge in [0.2, 0.25) is 0 Å². The van der Waals surface area contributed by atoms with Crippen molar-refractivity contribution in [2.24, 2.45) is 5.92 Å². The van der Waals surface area contributed by atoms with Crippen molar-refractivity contribution < 1.29 is 33.3 Å². The molecule has 2 aliphatic rings. The lowest BCUT2D eigenvalue weighted by Gasteiger charge is -2.40. The number of cyclic esters (lactones) is 1. The summed E-state index contributed by atoms with van der Waals surface area (Å²) in [5.74, 6) is -1.25. The van der Waals surface area contributed by atoms with Crippen LogP contribution in [-0.2, 0) is 30.3 Å². The van der Waals surface area contributed by atoms with E-state index in [1.165, 1.54) is 4.90 Å². The topological polar surface area (TPSA) is 103 Å². The Morgan fingerprint density at radius 1 is 1.19 bits per heavy atom. The van der Waals surface area contributed by atoms with Gasteiger partial charge in [-0.2, -0.15) is 0 Å². The Morgan fingerprint density at radius 3 is 2.50 bits per heavy atom. The summed E-state index contributed by atoms with van der Waals surface area (Å²) in [6, 6.07) is 8.11. The number of benzene rings is 1. The van der Waals surface area contributed by atoms with E-state index in [0.717, 1.165) is 5.56 Å². The Hall–Kier alpha value is -2.81. The summed E-state index contributed by atoms with van der Waals surface area (Å²) in [7, 11) is 0. The molecule has 0 radical (unpaired) electrons. The Morgan fingerprint density at radius 2 is 1.88 bits per heavy atom. The average Bonchev–Trinajstić information content (AvgIpc) is 3.08. The Labute approximate surface area is 188 Å². The third-order valence-corrected chi connectivity index (χ3v) is 5.43. The van der Waals surface area contributed by atoms with Crippen LogP contribution in [0.5, 0.6) is 0 Å². The molecule has 2 aliphatic heterocycles. The fraction of sp³-hybridized carbons (Fsp3) is 0.609. The smallest absolute Gasteiger partial charge is 0.410 e. The van der Waals surface area contributed by atoms with E-state index in [-0.39, 0.29) is 6.61 Å². The molecule has 176 valence electrons. The summed E-state index contributed by atoms with van der Waals surface area (Å²) < 4.78 is 21.9. The van der Waals surface area contributed by atoms with Crippen LogP contribution in [-0.4, -0.2) is 59.7 Å². The lowest BCUT2D eigenvalue weighted by Crippen LogP contribution is -2.58. The van der Waals surface area contributed by atoms with Crippen LogP contribution >= 0.6 is 0 Å². The van der Waals surface area contributed by atoms with Crippen molar-refractivity contribution in [1.29, 1.82) is 0 Å². The van der Waals surface area contributed by atoms with Crippen LogP contribution in [0.3, 0.4) is 0 Å². The molecule has 5 atom stereocenters. The van der Waals surface area contributed by atoms with Crippen LogP contribution in [0.4, 0.5) is 9.59 Å². The van der Waals surface area contributed by atoms with E-state index in [0.29, 0.717) is 13.0 Å². The number of amides is 2. The highest BCUT2D eigenvalue weighted by Crippen LogP contribution is 2.33. The van der Waals surface area contributed by atoms with E-state index in [1.54, 1.807) is 34.6 Å². The molecule has 0 aromatic heterocycles. The van der Waals surface area contributed by atoms with Crippen LogP contribution < -0.4 is 5.32 Å². The Balaban J connectivity index is 1.78. The maximum Gasteiger partial charge on any atom is 0.410 e. The number of carbonyl (C=O) groups is 3. The molecule has 9 nitrogen and oxygen atoms in total. The average molecular weight is 449 g/mol.